The number of nitrogens with zero attached hydrogens (tertiary/aromatic N) is 1. The summed E-state index contributed by atoms with van der Waals surface area (Å²) in [6, 6.07) is 5.18. The monoisotopic (exact) mass is 283 g/mol. The number of likely N-dealkylation sites (N-methyl/N-ethyl adjacent to an activating group) is 1. The van der Waals surface area contributed by atoms with Crippen molar-refractivity contribution in [3.8, 4) is 5.75 Å². The van der Waals surface area contributed by atoms with Gasteiger partial charge in [-0.2, -0.15) is 0 Å². The zero-order valence-corrected chi connectivity index (χ0v) is 11.2. The van der Waals surface area contributed by atoms with Crippen molar-refractivity contribution < 1.29 is 19.4 Å². The van der Waals surface area contributed by atoms with Crippen LogP contribution >= 0.6 is 11.6 Å². The van der Waals surface area contributed by atoms with Crippen LogP contribution in [-0.4, -0.2) is 41.1 Å². The summed E-state index contributed by atoms with van der Waals surface area (Å²) in [7, 11) is 0. The second-order valence-electron chi connectivity index (χ2n) is 4.31. The summed E-state index contributed by atoms with van der Waals surface area (Å²) in [6.45, 7) is 1.76. The molecule has 1 aromatic carbocycles. The lowest BCUT2D eigenvalue weighted by Crippen LogP contribution is -2.43. The highest BCUT2D eigenvalue weighted by Gasteiger charge is 2.32. The van der Waals surface area contributed by atoms with Crippen molar-refractivity contribution in [1.82, 2.24) is 4.90 Å². The minimum Gasteiger partial charge on any atom is -0.480 e. The molecule has 0 saturated carbocycles. The van der Waals surface area contributed by atoms with E-state index in [2.05, 4.69) is 0 Å². The zero-order chi connectivity index (χ0) is 14.0. The van der Waals surface area contributed by atoms with Crippen LogP contribution in [0.2, 0.25) is 5.02 Å². The standard InChI is InChI=1S/C13H14ClNO4/c1-2-15(7-12(16)17)13(18)11-6-8-5-9(14)3-4-10(8)19-11/h3-5,11H,2,6-7H2,1H3,(H,16,17). The highest BCUT2D eigenvalue weighted by Crippen LogP contribution is 2.31. The van der Waals surface area contributed by atoms with Crippen molar-refractivity contribution in [2.24, 2.45) is 0 Å². The van der Waals surface area contributed by atoms with Gasteiger partial charge in [0, 0.05) is 18.0 Å². The maximum atomic E-state index is 12.2. The number of carbonyl (C=O) groups excluding carboxylic acids is 1. The third-order valence-electron chi connectivity index (χ3n) is 2.99. The van der Waals surface area contributed by atoms with Crippen molar-refractivity contribution in [3.63, 3.8) is 0 Å². The SMILES string of the molecule is CCN(CC(=O)O)C(=O)C1Cc2cc(Cl)ccc2O1. The number of halogens is 1. The molecule has 6 heteroatoms. The van der Waals surface area contributed by atoms with Gasteiger partial charge in [-0.05, 0) is 30.7 Å². The van der Waals surface area contributed by atoms with Gasteiger partial charge < -0.3 is 14.7 Å². The fraction of sp³-hybridized carbons (Fsp3) is 0.385. The molecule has 0 aromatic heterocycles. The van der Waals surface area contributed by atoms with Crippen LogP contribution in [0.25, 0.3) is 0 Å². The molecule has 1 amide bonds. The van der Waals surface area contributed by atoms with Gasteiger partial charge in [-0.3, -0.25) is 9.59 Å². The van der Waals surface area contributed by atoms with Crippen molar-refractivity contribution >= 4 is 23.5 Å². The molecule has 1 aliphatic heterocycles. The van der Waals surface area contributed by atoms with Crippen LogP contribution in [-0.2, 0) is 16.0 Å². The van der Waals surface area contributed by atoms with E-state index in [0.29, 0.717) is 23.7 Å². The number of amides is 1. The number of carbonyl (C=O) groups is 2. The summed E-state index contributed by atoms with van der Waals surface area (Å²) in [6.07, 6.45) is -0.238. The average Bonchev–Trinajstić information content (AvgIpc) is 2.77. The predicted octanol–water partition coefficient (Wildman–Crippen LogP) is 1.58. The van der Waals surface area contributed by atoms with Gasteiger partial charge in [-0.1, -0.05) is 11.6 Å². The van der Waals surface area contributed by atoms with Crippen LogP contribution in [0.3, 0.4) is 0 Å². The van der Waals surface area contributed by atoms with Crippen molar-refractivity contribution in [3.05, 3.63) is 28.8 Å². The number of aliphatic carboxylic acids is 1. The minimum atomic E-state index is -1.03. The number of carboxylic acid groups (broad SMARTS) is 1. The lowest BCUT2D eigenvalue weighted by atomic mass is 10.1. The first-order valence-corrected chi connectivity index (χ1v) is 6.34. The number of benzene rings is 1. The first-order chi connectivity index (χ1) is 9.01. The summed E-state index contributed by atoms with van der Waals surface area (Å²) in [5, 5.41) is 9.36. The number of hydrogen-bond donors (Lipinski definition) is 1. The van der Waals surface area contributed by atoms with E-state index in [1.54, 1.807) is 25.1 Å². The molecule has 0 fully saturated rings. The first kappa shape index (κ1) is 13.7. The van der Waals surface area contributed by atoms with Gasteiger partial charge in [0.1, 0.15) is 12.3 Å². The predicted molar refractivity (Wildman–Crippen MR) is 69.5 cm³/mol. The van der Waals surface area contributed by atoms with Gasteiger partial charge in [0.2, 0.25) is 0 Å². The molecular weight excluding hydrogens is 270 g/mol. The zero-order valence-electron chi connectivity index (χ0n) is 10.4. The fourth-order valence-electron chi connectivity index (χ4n) is 2.07. The molecule has 0 bridgehead atoms. The summed E-state index contributed by atoms with van der Waals surface area (Å²) < 4.78 is 5.55. The van der Waals surface area contributed by atoms with Gasteiger partial charge in [-0.25, -0.2) is 0 Å². The Kier molecular flexibility index (Phi) is 3.95. The number of carboxylic acids is 1. The summed E-state index contributed by atoms with van der Waals surface area (Å²) in [5.41, 5.74) is 0.872. The molecule has 1 aliphatic rings. The van der Waals surface area contributed by atoms with Gasteiger partial charge in [0.25, 0.3) is 5.91 Å². The maximum absolute atomic E-state index is 12.2. The van der Waals surface area contributed by atoms with Gasteiger partial charge in [0.15, 0.2) is 6.10 Å². The largest absolute Gasteiger partial charge is 0.480 e. The van der Waals surface area contributed by atoms with Crippen molar-refractivity contribution in [2.45, 2.75) is 19.4 Å². The number of ether oxygens (including phenoxy) is 1. The van der Waals surface area contributed by atoms with Crippen LogP contribution in [0, 0.1) is 0 Å². The Morgan fingerprint density at radius 2 is 2.26 bits per heavy atom. The summed E-state index contributed by atoms with van der Waals surface area (Å²) in [5.74, 6) is -0.708. The van der Waals surface area contributed by atoms with Crippen LogP contribution in [0.4, 0.5) is 0 Å². The molecule has 5 nitrogen and oxygen atoms in total. The van der Waals surface area contributed by atoms with Gasteiger partial charge in [0.05, 0.1) is 0 Å². The Bertz CT molecular complexity index is 517. The molecular formula is C13H14ClNO4. The molecule has 1 atom stereocenters. The Morgan fingerprint density at radius 1 is 1.53 bits per heavy atom. The number of rotatable bonds is 4. The maximum Gasteiger partial charge on any atom is 0.323 e. The molecule has 1 heterocycles. The highest BCUT2D eigenvalue weighted by atomic mass is 35.5. The fourth-order valence-corrected chi connectivity index (χ4v) is 2.26. The van der Waals surface area contributed by atoms with Crippen LogP contribution < -0.4 is 4.74 Å². The van der Waals surface area contributed by atoms with E-state index in [0.717, 1.165) is 5.56 Å². The molecule has 0 saturated heterocycles. The number of fused-ring (bicyclic) bond motifs is 1. The molecule has 1 unspecified atom stereocenters. The molecule has 2 rings (SSSR count). The summed E-state index contributed by atoms with van der Waals surface area (Å²) in [4.78, 5) is 24.1. The average molecular weight is 284 g/mol. The normalized spacial score (nSPS) is 16.6. The smallest absolute Gasteiger partial charge is 0.323 e. The molecule has 0 aliphatic carbocycles. The molecule has 0 spiro atoms. The Morgan fingerprint density at radius 3 is 2.89 bits per heavy atom. The van der Waals surface area contributed by atoms with E-state index in [-0.39, 0.29) is 12.5 Å². The third kappa shape index (κ3) is 2.98. The molecule has 1 N–H and O–H groups in total. The molecule has 19 heavy (non-hydrogen) atoms. The summed E-state index contributed by atoms with van der Waals surface area (Å²) >= 11 is 5.88. The Labute approximate surface area is 115 Å². The Hall–Kier alpha value is -1.75. The lowest BCUT2D eigenvalue weighted by Gasteiger charge is -2.21. The minimum absolute atomic E-state index is 0.308. The lowest BCUT2D eigenvalue weighted by molar-refractivity contribution is -0.147. The first-order valence-electron chi connectivity index (χ1n) is 5.97. The van der Waals surface area contributed by atoms with Gasteiger partial charge >= 0.3 is 5.97 Å². The van der Waals surface area contributed by atoms with Gasteiger partial charge in [-0.15, -0.1) is 0 Å². The van der Waals surface area contributed by atoms with E-state index >= 15 is 0 Å². The van der Waals surface area contributed by atoms with Crippen LogP contribution in [0.15, 0.2) is 18.2 Å². The number of hydrogen-bond acceptors (Lipinski definition) is 3. The van der Waals surface area contributed by atoms with Crippen molar-refractivity contribution in [2.75, 3.05) is 13.1 Å². The topological polar surface area (TPSA) is 66.8 Å². The quantitative estimate of drug-likeness (QED) is 0.911. The van der Waals surface area contributed by atoms with Crippen molar-refractivity contribution in [1.29, 1.82) is 0 Å². The molecule has 1 aromatic rings. The van der Waals surface area contributed by atoms with E-state index in [4.69, 9.17) is 21.4 Å². The van der Waals surface area contributed by atoms with Crippen LogP contribution in [0.5, 0.6) is 5.75 Å². The third-order valence-corrected chi connectivity index (χ3v) is 3.23. The van der Waals surface area contributed by atoms with E-state index in [1.165, 1.54) is 4.90 Å². The Balaban J connectivity index is 2.09. The second-order valence-corrected chi connectivity index (χ2v) is 4.75. The van der Waals surface area contributed by atoms with E-state index < -0.39 is 12.1 Å². The van der Waals surface area contributed by atoms with Crippen LogP contribution in [0.1, 0.15) is 12.5 Å². The van der Waals surface area contributed by atoms with E-state index in [1.807, 2.05) is 0 Å². The highest BCUT2D eigenvalue weighted by molar-refractivity contribution is 6.30. The second kappa shape index (κ2) is 5.48. The molecule has 0 radical (unpaired) electrons. The molecule has 102 valence electrons. The van der Waals surface area contributed by atoms with E-state index in [9.17, 15) is 9.59 Å².